The molecule has 200 valence electrons. The summed E-state index contributed by atoms with van der Waals surface area (Å²) in [7, 11) is 0. The van der Waals surface area contributed by atoms with Gasteiger partial charge in [-0.1, -0.05) is 62.2 Å². The summed E-state index contributed by atoms with van der Waals surface area (Å²) < 4.78 is 8.60. The fourth-order valence-electron chi connectivity index (χ4n) is 4.89. The highest BCUT2D eigenvalue weighted by Crippen LogP contribution is 2.28. The lowest BCUT2D eigenvalue weighted by Gasteiger charge is -2.15. The highest BCUT2D eigenvalue weighted by molar-refractivity contribution is 5.94. The van der Waals surface area contributed by atoms with Gasteiger partial charge in [0, 0.05) is 25.1 Å². The van der Waals surface area contributed by atoms with Crippen LogP contribution < -0.4 is 10.1 Å². The van der Waals surface area contributed by atoms with Gasteiger partial charge in [0.25, 0.3) is 5.91 Å². The minimum Gasteiger partial charge on any atom is -0.493 e. The van der Waals surface area contributed by atoms with Gasteiger partial charge in [0.2, 0.25) is 0 Å². The predicted molar refractivity (Wildman–Crippen MR) is 156 cm³/mol. The Morgan fingerprint density at radius 1 is 0.921 bits per heavy atom. The smallest absolute Gasteiger partial charge is 0.251 e. The number of imidazole rings is 1. The molecule has 3 aromatic carbocycles. The van der Waals surface area contributed by atoms with Crippen molar-refractivity contribution in [1.82, 2.24) is 14.9 Å². The van der Waals surface area contributed by atoms with Crippen molar-refractivity contribution in [2.45, 2.75) is 72.3 Å². The third kappa shape index (κ3) is 7.25. The number of hydrogen-bond acceptors (Lipinski definition) is 3. The molecule has 0 bridgehead atoms. The Morgan fingerprint density at radius 3 is 2.55 bits per heavy atom. The highest BCUT2D eigenvalue weighted by Gasteiger charge is 2.12. The Morgan fingerprint density at radius 2 is 1.74 bits per heavy atom. The van der Waals surface area contributed by atoms with Gasteiger partial charge in [0.15, 0.2) is 0 Å². The fraction of sp³-hybridized carbons (Fsp3) is 0.394. The van der Waals surface area contributed by atoms with Crippen molar-refractivity contribution >= 4 is 16.9 Å². The number of rotatable bonds is 13. The zero-order chi connectivity index (χ0) is 26.9. The van der Waals surface area contributed by atoms with Gasteiger partial charge in [-0.15, -0.1) is 0 Å². The van der Waals surface area contributed by atoms with Crippen molar-refractivity contribution in [2.75, 3.05) is 13.2 Å². The minimum atomic E-state index is 0.00360. The molecule has 1 amide bonds. The first-order valence-corrected chi connectivity index (χ1v) is 13.9. The molecule has 4 rings (SSSR count). The molecule has 38 heavy (non-hydrogen) atoms. The summed E-state index contributed by atoms with van der Waals surface area (Å²) in [6.07, 6.45) is 4.90. The van der Waals surface area contributed by atoms with Gasteiger partial charge in [-0.2, -0.15) is 0 Å². The quantitative estimate of drug-likeness (QED) is 0.190. The van der Waals surface area contributed by atoms with E-state index < -0.39 is 0 Å². The lowest BCUT2D eigenvalue weighted by atomic mass is 10.0. The largest absolute Gasteiger partial charge is 0.493 e. The molecule has 0 saturated heterocycles. The number of aryl methyl sites for hydroxylation is 4. The number of benzene rings is 3. The summed E-state index contributed by atoms with van der Waals surface area (Å²) >= 11 is 0. The Kier molecular flexibility index (Phi) is 9.58. The average Bonchev–Trinajstić information content (AvgIpc) is 3.25. The number of fused-ring (bicyclic) bond motifs is 1. The zero-order valence-corrected chi connectivity index (χ0v) is 23.3. The lowest BCUT2D eigenvalue weighted by molar-refractivity contribution is 0.0953. The molecule has 1 heterocycles. The summed E-state index contributed by atoms with van der Waals surface area (Å²) in [6, 6.07) is 22.6. The monoisotopic (exact) mass is 511 g/mol. The van der Waals surface area contributed by atoms with Crippen LogP contribution in [0.4, 0.5) is 0 Å². The molecule has 0 spiro atoms. The fourth-order valence-corrected chi connectivity index (χ4v) is 4.89. The van der Waals surface area contributed by atoms with E-state index >= 15 is 0 Å². The molecule has 0 aliphatic heterocycles. The van der Waals surface area contributed by atoms with E-state index in [1.807, 2.05) is 31.2 Å². The first-order chi connectivity index (χ1) is 18.4. The normalized spacial score (nSPS) is 11.3. The van der Waals surface area contributed by atoms with Crippen LogP contribution in [0.5, 0.6) is 5.75 Å². The van der Waals surface area contributed by atoms with Crippen molar-refractivity contribution < 1.29 is 9.53 Å². The number of nitrogens with zero attached hydrogens (tertiary/aromatic N) is 2. The lowest BCUT2D eigenvalue weighted by Crippen LogP contribution is -2.24. The first-order valence-electron chi connectivity index (χ1n) is 13.9. The van der Waals surface area contributed by atoms with E-state index in [1.165, 1.54) is 16.6 Å². The maximum atomic E-state index is 12.3. The number of ether oxygens (including phenoxy) is 1. The Bertz CT molecular complexity index is 1360. The third-order valence-electron chi connectivity index (χ3n) is 6.95. The molecule has 0 aliphatic rings. The second-order valence-corrected chi connectivity index (χ2v) is 10.5. The van der Waals surface area contributed by atoms with Crippen LogP contribution in [0.15, 0.2) is 66.7 Å². The van der Waals surface area contributed by atoms with Crippen molar-refractivity contribution in [3.63, 3.8) is 0 Å². The Hall–Kier alpha value is -3.60. The van der Waals surface area contributed by atoms with E-state index in [4.69, 9.17) is 9.72 Å². The summed E-state index contributed by atoms with van der Waals surface area (Å²) in [5.41, 5.74) is 6.55. The molecular weight excluding hydrogens is 470 g/mol. The SMILES string of the molecule is Cc1cccc(C(=O)NCCCCCc2nc3ccccc3n2CCCOc2cc(C)ccc2C(C)C)c1. The van der Waals surface area contributed by atoms with Crippen molar-refractivity contribution in [2.24, 2.45) is 0 Å². The summed E-state index contributed by atoms with van der Waals surface area (Å²) in [5, 5.41) is 3.05. The van der Waals surface area contributed by atoms with Crippen molar-refractivity contribution in [1.29, 1.82) is 0 Å². The van der Waals surface area contributed by atoms with Gasteiger partial charge in [-0.25, -0.2) is 4.98 Å². The molecular formula is C33H41N3O2. The van der Waals surface area contributed by atoms with Crippen LogP contribution >= 0.6 is 0 Å². The number of aromatic nitrogens is 2. The van der Waals surface area contributed by atoms with Crippen LogP contribution in [0.2, 0.25) is 0 Å². The van der Waals surface area contributed by atoms with E-state index in [1.54, 1.807) is 0 Å². The van der Waals surface area contributed by atoms with Crippen LogP contribution in [-0.2, 0) is 13.0 Å². The zero-order valence-electron chi connectivity index (χ0n) is 23.3. The van der Waals surface area contributed by atoms with E-state index in [0.717, 1.165) is 66.9 Å². The van der Waals surface area contributed by atoms with Gasteiger partial charge in [0.1, 0.15) is 11.6 Å². The second kappa shape index (κ2) is 13.3. The van der Waals surface area contributed by atoms with Gasteiger partial charge in [-0.05, 0) is 80.5 Å². The summed E-state index contributed by atoms with van der Waals surface area (Å²) in [6.45, 7) is 10.8. The molecule has 4 aromatic rings. The summed E-state index contributed by atoms with van der Waals surface area (Å²) in [4.78, 5) is 17.3. The van der Waals surface area contributed by atoms with E-state index in [-0.39, 0.29) is 5.91 Å². The molecule has 1 aromatic heterocycles. The molecule has 0 atom stereocenters. The van der Waals surface area contributed by atoms with E-state index in [2.05, 4.69) is 73.1 Å². The molecule has 5 nitrogen and oxygen atoms in total. The molecule has 0 fully saturated rings. The number of unbranched alkanes of at least 4 members (excludes halogenated alkanes) is 2. The third-order valence-corrected chi connectivity index (χ3v) is 6.95. The van der Waals surface area contributed by atoms with Gasteiger partial charge >= 0.3 is 0 Å². The van der Waals surface area contributed by atoms with Gasteiger partial charge < -0.3 is 14.6 Å². The number of amides is 1. The maximum Gasteiger partial charge on any atom is 0.251 e. The maximum absolute atomic E-state index is 12.3. The number of nitrogens with one attached hydrogen (secondary N) is 1. The molecule has 0 saturated carbocycles. The van der Waals surface area contributed by atoms with Crippen LogP contribution in [0.1, 0.15) is 78.3 Å². The van der Waals surface area contributed by atoms with Crippen LogP contribution in [-0.4, -0.2) is 28.6 Å². The number of carbonyl (C=O) groups excluding carboxylic acids is 1. The van der Waals surface area contributed by atoms with Crippen LogP contribution in [0.3, 0.4) is 0 Å². The predicted octanol–water partition coefficient (Wildman–Crippen LogP) is 7.39. The topological polar surface area (TPSA) is 56.2 Å². The number of carbonyl (C=O) groups is 1. The Balaban J connectivity index is 1.27. The summed E-state index contributed by atoms with van der Waals surface area (Å²) in [5.74, 6) is 2.58. The molecule has 0 unspecified atom stereocenters. The number of para-hydroxylation sites is 2. The van der Waals surface area contributed by atoms with E-state index in [9.17, 15) is 4.79 Å². The highest BCUT2D eigenvalue weighted by atomic mass is 16.5. The van der Waals surface area contributed by atoms with E-state index in [0.29, 0.717) is 19.1 Å². The van der Waals surface area contributed by atoms with Gasteiger partial charge in [-0.3, -0.25) is 4.79 Å². The van der Waals surface area contributed by atoms with Crippen molar-refractivity contribution in [3.8, 4) is 5.75 Å². The Labute approximate surface area is 227 Å². The average molecular weight is 512 g/mol. The molecule has 0 radical (unpaired) electrons. The van der Waals surface area contributed by atoms with Crippen LogP contribution in [0, 0.1) is 13.8 Å². The first kappa shape index (κ1) is 27.4. The molecule has 1 N–H and O–H groups in total. The van der Waals surface area contributed by atoms with Gasteiger partial charge in [0.05, 0.1) is 17.6 Å². The molecule has 0 aliphatic carbocycles. The number of hydrogen-bond donors (Lipinski definition) is 1. The molecule has 5 heteroatoms. The van der Waals surface area contributed by atoms with Crippen LogP contribution in [0.25, 0.3) is 11.0 Å². The minimum absolute atomic E-state index is 0.00360. The standard InChI is InChI=1S/C33H41N3O2/c1-24(2)28-18-17-26(4)23-31(28)38-21-11-20-36-30-15-8-7-14-29(30)35-32(36)16-6-5-9-19-34-33(37)27-13-10-12-25(3)22-27/h7-8,10,12-15,17-18,22-24H,5-6,9,11,16,19-21H2,1-4H3,(H,34,37). The van der Waals surface area contributed by atoms with Crippen molar-refractivity contribution in [3.05, 3.63) is 94.8 Å². The second-order valence-electron chi connectivity index (χ2n) is 10.5.